The highest BCUT2D eigenvalue weighted by Crippen LogP contribution is 2.28. The Labute approximate surface area is 188 Å². The molecule has 11 heteroatoms. The van der Waals surface area contributed by atoms with E-state index in [1.165, 1.54) is 21.1 Å². The van der Waals surface area contributed by atoms with Gasteiger partial charge >= 0.3 is 0 Å². The number of aromatic amines is 1. The summed E-state index contributed by atoms with van der Waals surface area (Å²) in [5.41, 5.74) is 0.763. The molecular weight excluding hydrogens is 447 g/mol. The summed E-state index contributed by atoms with van der Waals surface area (Å²) < 4.78 is 42.3. The summed E-state index contributed by atoms with van der Waals surface area (Å²) in [6, 6.07) is 14.3. The number of nitrogens with zero attached hydrogens (tertiary/aromatic N) is 5. The van der Waals surface area contributed by atoms with Crippen LogP contribution < -0.4 is 5.56 Å². The minimum Gasteiger partial charge on any atom is -0.308 e. The third kappa shape index (κ3) is 4.16. The largest absolute Gasteiger partial charge is 0.308 e. The van der Waals surface area contributed by atoms with Crippen LogP contribution in [0.3, 0.4) is 0 Å². The number of aromatic nitrogens is 5. The average molecular weight is 469 g/mol. The molecule has 4 aromatic rings. The average Bonchev–Trinajstić information content (AvgIpc) is 3.24. The Balaban J connectivity index is 1.45. The molecular formula is C22H21FN6O3S. The highest BCUT2D eigenvalue weighted by Gasteiger charge is 2.32. The lowest BCUT2D eigenvalue weighted by atomic mass is 9.99. The maximum atomic E-state index is 13.2. The Bertz CT molecular complexity index is 1450. The van der Waals surface area contributed by atoms with Gasteiger partial charge in [-0.1, -0.05) is 35.5 Å². The van der Waals surface area contributed by atoms with Gasteiger partial charge in [0.2, 0.25) is 10.0 Å². The van der Waals surface area contributed by atoms with Crippen molar-refractivity contribution >= 4 is 21.2 Å². The molecule has 1 aliphatic rings. The molecule has 0 aliphatic carbocycles. The van der Waals surface area contributed by atoms with Crippen molar-refractivity contribution in [1.82, 2.24) is 29.3 Å². The van der Waals surface area contributed by atoms with Gasteiger partial charge in [0.05, 0.1) is 11.4 Å². The van der Waals surface area contributed by atoms with Gasteiger partial charge in [-0.3, -0.25) is 4.79 Å². The van der Waals surface area contributed by atoms with Crippen molar-refractivity contribution in [1.29, 1.82) is 0 Å². The number of piperidine rings is 1. The summed E-state index contributed by atoms with van der Waals surface area (Å²) in [6.07, 6.45) is 1.33. The highest BCUT2D eigenvalue weighted by molar-refractivity contribution is 7.89. The number of hydrogen-bond donors (Lipinski definition) is 1. The third-order valence-electron chi connectivity index (χ3n) is 5.79. The molecule has 0 amide bonds. The molecule has 2 aromatic carbocycles. The maximum Gasteiger partial charge on any atom is 0.281 e. The topological polar surface area (TPSA) is 114 Å². The van der Waals surface area contributed by atoms with E-state index in [1.807, 2.05) is 0 Å². The smallest absolute Gasteiger partial charge is 0.281 e. The lowest BCUT2D eigenvalue weighted by Gasteiger charge is -2.31. The quantitative estimate of drug-likeness (QED) is 0.481. The van der Waals surface area contributed by atoms with Crippen LogP contribution in [0.4, 0.5) is 4.39 Å². The number of H-pyrrole nitrogens is 1. The molecule has 3 heterocycles. The first kappa shape index (κ1) is 21.4. The molecule has 9 nitrogen and oxygen atoms in total. The summed E-state index contributed by atoms with van der Waals surface area (Å²) in [4.78, 5) is 20.3. The molecule has 170 valence electrons. The van der Waals surface area contributed by atoms with Crippen molar-refractivity contribution in [2.24, 2.45) is 0 Å². The SMILES string of the molecule is O=c1[nH]c([C@H]2CCCN(S(=O)(=O)c3ccccc3)C2)nc2c1nnn2Cc1ccc(F)cc1. The van der Waals surface area contributed by atoms with Crippen molar-refractivity contribution in [2.45, 2.75) is 30.2 Å². The van der Waals surface area contributed by atoms with E-state index in [2.05, 4.69) is 20.3 Å². The second-order valence-corrected chi connectivity index (χ2v) is 9.95. The molecule has 1 aliphatic heterocycles. The van der Waals surface area contributed by atoms with Crippen LogP contribution in [0, 0.1) is 5.82 Å². The fourth-order valence-corrected chi connectivity index (χ4v) is 5.62. The molecule has 1 N–H and O–H groups in total. The van der Waals surface area contributed by atoms with E-state index >= 15 is 0 Å². The summed E-state index contributed by atoms with van der Waals surface area (Å²) in [5.74, 6) is -0.210. The predicted molar refractivity (Wildman–Crippen MR) is 119 cm³/mol. The van der Waals surface area contributed by atoms with Gasteiger partial charge in [0.1, 0.15) is 11.6 Å². The fraction of sp³-hybridized carbons (Fsp3) is 0.273. The van der Waals surface area contributed by atoms with E-state index in [0.717, 1.165) is 5.56 Å². The number of rotatable bonds is 5. The van der Waals surface area contributed by atoms with Crippen LogP contribution in [0.2, 0.25) is 0 Å². The van der Waals surface area contributed by atoms with Crippen LogP contribution in [-0.2, 0) is 16.6 Å². The summed E-state index contributed by atoms with van der Waals surface area (Å²) in [5, 5.41) is 7.98. The Morgan fingerprint density at radius 2 is 1.85 bits per heavy atom. The lowest BCUT2D eigenvalue weighted by Crippen LogP contribution is -2.39. The van der Waals surface area contributed by atoms with Gasteiger partial charge < -0.3 is 4.98 Å². The number of nitrogens with one attached hydrogen (secondary N) is 1. The zero-order valence-corrected chi connectivity index (χ0v) is 18.4. The van der Waals surface area contributed by atoms with E-state index in [1.54, 1.807) is 42.5 Å². The van der Waals surface area contributed by atoms with Gasteiger partial charge in [0.15, 0.2) is 11.2 Å². The minimum atomic E-state index is -3.64. The van der Waals surface area contributed by atoms with Gasteiger partial charge in [0, 0.05) is 19.0 Å². The summed E-state index contributed by atoms with van der Waals surface area (Å²) in [7, 11) is -3.64. The second kappa shape index (κ2) is 8.49. The van der Waals surface area contributed by atoms with Gasteiger partial charge in [-0.05, 0) is 42.7 Å². The number of halogens is 1. The Morgan fingerprint density at radius 3 is 2.61 bits per heavy atom. The van der Waals surface area contributed by atoms with Gasteiger partial charge in [0.25, 0.3) is 5.56 Å². The zero-order chi connectivity index (χ0) is 23.0. The normalized spacial score (nSPS) is 17.4. The van der Waals surface area contributed by atoms with Crippen LogP contribution in [0.5, 0.6) is 0 Å². The molecule has 5 rings (SSSR count). The second-order valence-electron chi connectivity index (χ2n) is 8.01. The van der Waals surface area contributed by atoms with Gasteiger partial charge in [-0.25, -0.2) is 22.5 Å². The monoisotopic (exact) mass is 468 g/mol. The van der Waals surface area contributed by atoms with Crippen LogP contribution >= 0.6 is 0 Å². The molecule has 2 aromatic heterocycles. The third-order valence-corrected chi connectivity index (χ3v) is 7.67. The Kier molecular flexibility index (Phi) is 5.51. The molecule has 0 radical (unpaired) electrons. The van der Waals surface area contributed by atoms with E-state index < -0.39 is 15.6 Å². The Morgan fingerprint density at radius 1 is 1.09 bits per heavy atom. The van der Waals surface area contributed by atoms with Crippen LogP contribution in [0.1, 0.15) is 30.1 Å². The maximum absolute atomic E-state index is 13.2. The van der Waals surface area contributed by atoms with E-state index in [4.69, 9.17) is 0 Å². The molecule has 1 atom stereocenters. The highest BCUT2D eigenvalue weighted by atomic mass is 32.2. The molecule has 0 spiro atoms. The zero-order valence-electron chi connectivity index (χ0n) is 17.6. The first-order chi connectivity index (χ1) is 15.9. The molecule has 1 fully saturated rings. The van der Waals surface area contributed by atoms with Crippen LogP contribution in [-0.4, -0.2) is 50.8 Å². The van der Waals surface area contributed by atoms with Gasteiger partial charge in [-0.15, -0.1) is 5.10 Å². The van der Waals surface area contributed by atoms with Crippen molar-refractivity contribution in [2.75, 3.05) is 13.1 Å². The fourth-order valence-electron chi connectivity index (χ4n) is 4.07. The van der Waals surface area contributed by atoms with E-state index in [0.29, 0.717) is 30.9 Å². The molecule has 0 unspecified atom stereocenters. The molecule has 1 saturated heterocycles. The van der Waals surface area contributed by atoms with Crippen molar-refractivity contribution in [3.8, 4) is 0 Å². The van der Waals surface area contributed by atoms with Crippen molar-refractivity contribution in [3.05, 3.63) is 82.2 Å². The number of sulfonamides is 1. The molecule has 0 bridgehead atoms. The van der Waals surface area contributed by atoms with Crippen LogP contribution in [0.25, 0.3) is 11.2 Å². The first-order valence-electron chi connectivity index (χ1n) is 10.5. The lowest BCUT2D eigenvalue weighted by molar-refractivity contribution is 0.309. The van der Waals surface area contributed by atoms with Crippen molar-refractivity contribution < 1.29 is 12.8 Å². The summed E-state index contributed by atoms with van der Waals surface area (Å²) >= 11 is 0. The molecule has 33 heavy (non-hydrogen) atoms. The number of fused-ring (bicyclic) bond motifs is 1. The first-order valence-corrected chi connectivity index (χ1v) is 12.0. The van der Waals surface area contributed by atoms with Gasteiger partial charge in [-0.2, -0.15) is 4.31 Å². The molecule has 0 saturated carbocycles. The summed E-state index contributed by atoms with van der Waals surface area (Å²) in [6.45, 7) is 0.890. The van der Waals surface area contributed by atoms with Crippen LogP contribution in [0.15, 0.2) is 64.3 Å². The minimum absolute atomic E-state index is 0.102. The predicted octanol–water partition coefficient (Wildman–Crippen LogP) is 2.27. The van der Waals surface area contributed by atoms with Crippen molar-refractivity contribution in [3.63, 3.8) is 0 Å². The standard InChI is InChI=1S/C22H21FN6O3S/c23-17-10-8-15(9-11-17)13-29-21-19(26-27-29)22(30)25-20(24-21)16-5-4-12-28(14-16)33(31,32)18-6-2-1-3-7-18/h1-3,6-11,16H,4-5,12-14H2,(H,24,25,30)/t16-/m0/s1. The Hall–Kier alpha value is -3.44. The number of hydrogen-bond acceptors (Lipinski definition) is 6. The van der Waals surface area contributed by atoms with E-state index in [9.17, 15) is 17.6 Å². The van der Waals surface area contributed by atoms with E-state index in [-0.39, 0.29) is 35.2 Å². The number of benzene rings is 2.